The average molecular weight is 236 g/mol. The van der Waals surface area contributed by atoms with Crippen molar-refractivity contribution in [3.63, 3.8) is 0 Å². The molecular formula is C9H20N2O3S. The Hall–Kier alpha value is -0.170. The Morgan fingerprint density at radius 2 is 2.07 bits per heavy atom. The summed E-state index contributed by atoms with van der Waals surface area (Å²) in [6.45, 7) is 4.73. The van der Waals surface area contributed by atoms with Crippen molar-refractivity contribution in [3.8, 4) is 0 Å². The van der Waals surface area contributed by atoms with Gasteiger partial charge in [-0.05, 0) is 5.92 Å². The third-order valence-electron chi connectivity index (χ3n) is 2.60. The van der Waals surface area contributed by atoms with Crippen LogP contribution in [0.1, 0.15) is 13.8 Å². The second-order valence-electron chi connectivity index (χ2n) is 4.48. The smallest absolute Gasteiger partial charge is 0.214 e. The molecular weight excluding hydrogens is 216 g/mol. The van der Waals surface area contributed by atoms with Crippen LogP contribution in [0, 0.1) is 5.92 Å². The number of β-amino-alcohol motifs (C(OH)–C–C–N with tert-alkyl or cyclic N) is 1. The zero-order valence-electron chi connectivity index (χ0n) is 9.47. The van der Waals surface area contributed by atoms with E-state index in [4.69, 9.17) is 0 Å². The van der Waals surface area contributed by atoms with Gasteiger partial charge in [-0.1, -0.05) is 13.8 Å². The fourth-order valence-corrected chi connectivity index (χ4v) is 3.47. The molecule has 6 heteroatoms. The number of hydrogen-bond donors (Lipinski definition) is 2. The molecule has 0 saturated carbocycles. The van der Waals surface area contributed by atoms with Crippen LogP contribution in [0.3, 0.4) is 0 Å². The summed E-state index contributed by atoms with van der Waals surface area (Å²) in [4.78, 5) is 0. The molecule has 1 fully saturated rings. The molecule has 0 spiro atoms. The van der Waals surface area contributed by atoms with Crippen molar-refractivity contribution < 1.29 is 13.5 Å². The first-order valence-corrected chi connectivity index (χ1v) is 6.80. The molecule has 0 unspecified atom stereocenters. The Morgan fingerprint density at radius 3 is 2.47 bits per heavy atom. The quantitative estimate of drug-likeness (QED) is 0.673. The maximum atomic E-state index is 11.9. The molecule has 2 atom stereocenters. The summed E-state index contributed by atoms with van der Waals surface area (Å²) in [5.74, 6) is 0.233. The van der Waals surface area contributed by atoms with Crippen LogP contribution in [0.5, 0.6) is 0 Å². The molecule has 1 aliphatic heterocycles. The van der Waals surface area contributed by atoms with E-state index in [-0.39, 0.29) is 17.7 Å². The van der Waals surface area contributed by atoms with Gasteiger partial charge in [-0.25, -0.2) is 8.42 Å². The highest BCUT2D eigenvalue weighted by molar-refractivity contribution is 7.89. The van der Waals surface area contributed by atoms with Gasteiger partial charge in [-0.15, -0.1) is 0 Å². The van der Waals surface area contributed by atoms with E-state index < -0.39 is 16.1 Å². The number of sulfonamides is 1. The zero-order chi connectivity index (χ0) is 11.6. The highest BCUT2D eigenvalue weighted by Gasteiger charge is 2.34. The summed E-state index contributed by atoms with van der Waals surface area (Å²) < 4.78 is 25.0. The van der Waals surface area contributed by atoms with Gasteiger partial charge < -0.3 is 10.4 Å². The minimum Gasteiger partial charge on any atom is -0.390 e. The van der Waals surface area contributed by atoms with Crippen LogP contribution < -0.4 is 5.32 Å². The first-order chi connectivity index (χ1) is 6.84. The fraction of sp³-hybridized carbons (Fsp3) is 1.00. The van der Waals surface area contributed by atoms with Gasteiger partial charge in [0.1, 0.15) is 0 Å². The summed E-state index contributed by atoms with van der Waals surface area (Å²) in [5, 5.41) is 12.6. The van der Waals surface area contributed by atoms with E-state index in [0.717, 1.165) is 0 Å². The molecule has 1 aliphatic rings. The van der Waals surface area contributed by atoms with Gasteiger partial charge in [0.2, 0.25) is 10.0 Å². The van der Waals surface area contributed by atoms with Crippen molar-refractivity contribution in [1.29, 1.82) is 0 Å². The molecule has 0 aliphatic carbocycles. The van der Waals surface area contributed by atoms with E-state index in [1.807, 2.05) is 13.8 Å². The lowest BCUT2D eigenvalue weighted by Crippen LogP contribution is -2.45. The van der Waals surface area contributed by atoms with Gasteiger partial charge in [0, 0.05) is 20.1 Å². The highest BCUT2D eigenvalue weighted by atomic mass is 32.2. The topological polar surface area (TPSA) is 69.6 Å². The zero-order valence-corrected chi connectivity index (χ0v) is 10.3. The lowest BCUT2D eigenvalue weighted by atomic mass is 10.2. The Balaban J connectivity index is 2.70. The normalized spacial score (nSPS) is 27.9. The lowest BCUT2D eigenvalue weighted by molar-refractivity contribution is 0.136. The summed E-state index contributed by atoms with van der Waals surface area (Å²) >= 11 is 0. The molecule has 90 valence electrons. The molecule has 1 saturated heterocycles. The van der Waals surface area contributed by atoms with E-state index in [0.29, 0.717) is 13.1 Å². The van der Waals surface area contributed by atoms with Crippen molar-refractivity contribution in [3.05, 3.63) is 0 Å². The molecule has 5 nitrogen and oxygen atoms in total. The van der Waals surface area contributed by atoms with Gasteiger partial charge in [-0.3, -0.25) is 0 Å². The lowest BCUT2D eigenvalue weighted by Gasteiger charge is -2.26. The van der Waals surface area contributed by atoms with Crippen molar-refractivity contribution in [2.75, 3.05) is 25.9 Å². The third-order valence-corrected chi connectivity index (χ3v) is 4.84. The van der Waals surface area contributed by atoms with Crippen LogP contribution in [-0.2, 0) is 10.0 Å². The maximum absolute atomic E-state index is 11.9. The molecule has 0 amide bonds. The van der Waals surface area contributed by atoms with E-state index in [1.54, 1.807) is 7.05 Å². The van der Waals surface area contributed by atoms with E-state index >= 15 is 0 Å². The Labute approximate surface area is 91.5 Å². The summed E-state index contributed by atoms with van der Waals surface area (Å²) in [5.41, 5.74) is 0. The van der Waals surface area contributed by atoms with Gasteiger partial charge in [0.25, 0.3) is 0 Å². The molecule has 2 N–H and O–H groups in total. The number of rotatable bonds is 4. The molecule has 1 rings (SSSR count). The predicted octanol–water partition coefficient (Wildman–Crippen LogP) is -0.763. The van der Waals surface area contributed by atoms with E-state index in [2.05, 4.69) is 5.32 Å². The number of aliphatic hydroxyl groups excluding tert-OH is 1. The second-order valence-corrected chi connectivity index (χ2v) is 6.55. The summed E-state index contributed by atoms with van der Waals surface area (Å²) in [6.07, 6.45) is -0.600. The first kappa shape index (κ1) is 12.9. The molecule has 0 aromatic heterocycles. The van der Waals surface area contributed by atoms with Crippen LogP contribution >= 0.6 is 0 Å². The van der Waals surface area contributed by atoms with E-state index in [1.165, 1.54) is 4.31 Å². The predicted molar refractivity (Wildman–Crippen MR) is 59.1 cm³/mol. The van der Waals surface area contributed by atoms with Crippen LogP contribution in [-0.4, -0.2) is 55.9 Å². The highest BCUT2D eigenvalue weighted by Crippen LogP contribution is 2.14. The van der Waals surface area contributed by atoms with Crippen LogP contribution in [0.4, 0.5) is 0 Å². The number of nitrogens with zero attached hydrogens (tertiary/aromatic N) is 1. The van der Waals surface area contributed by atoms with Crippen LogP contribution in [0.2, 0.25) is 0 Å². The third kappa shape index (κ3) is 3.14. The Morgan fingerprint density at radius 1 is 1.47 bits per heavy atom. The van der Waals surface area contributed by atoms with Crippen molar-refractivity contribution in [2.24, 2.45) is 5.92 Å². The van der Waals surface area contributed by atoms with Crippen LogP contribution in [0.25, 0.3) is 0 Å². The van der Waals surface area contributed by atoms with Crippen LogP contribution in [0.15, 0.2) is 0 Å². The Bertz CT molecular complexity index is 302. The molecule has 0 aromatic rings. The number of hydrogen-bond acceptors (Lipinski definition) is 4. The maximum Gasteiger partial charge on any atom is 0.214 e. The SMILES string of the molecule is CC(C)CS(=O)(=O)N(C)[C@H]1CNC[C@@H]1O. The average Bonchev–Trinajstić information content (AvgIpc) is 2.47. The minimum absolute atomic E-state index is 0.101. The number of likely N-dealkylation sites (N-methyl/N-ethyl adjacent to an activating group) is 1. The fourth-order valence-electron chi connectivity index (χ4n) is 1.77. The summed E-state index contributed by atoms with van der Waals surface area (Å²) in [6, 6.07) is -0.325. The number of aliphatic hydroxyl groups is 1. The molecule has 15 heavy (non-hydrogen) atoms. The van der Waals surface area contributed by atoms with E-state index in [9.17, 15) is 13.5 Å². The van der Waals surface area contributed by atoms with Gasteiger partial charge in [0.05, 0.1) is 17.9 Å². The molecule has 0 radical (unpaired) electrons. The van der Waals surface area contributed by atoms with Gasteiger partial charge in [-0.2, -0.15) is 4.31 Å². The molecule has 0 aromatic carbocycles. The van der Waals surface area contributed by atoms with Gasteiger partial charge >= 0.3 is 0 Å². The standard InChI is InChI=1S/C9H20N2O3S/c1-7(2)6-15(13,14)11(3)8-4-10-5-9(8)12/h7-10,12H,4-6H2,1-3H3/t8-,9-/m0/s1. The van der Waals surface area contributed by atoms with Crippen molar-refractivity contribution >= 4 is 10.0 Å². The van der Waals surface area contributed by atoms with Crippen molar-refractivity contribution in [2.45, 2.75) is 26.0 Å². The minimum atomic E-state index is -3.24. The van der Waals surface area contributed by atoms with Crippen molar-refractivity contribution in [1.82, 2.24) is 9.62 Å². The first-order valence-electron chi connectivity index (χ1n) is 5.19. The molecule has 0 bridgehead atoms. The summed E-state index contributed by atoms with van der Waals surface area (Å²) in [7, 11) is -1.70. The monoisotopic (exact) mass is 236 g/mol. The molecule has 1 heterocycles. The Kier molecular flexibility index (Phi) is 4.11. The second kappa shape index (κ2) is 4.78. The largest absolute Gasteiger partial charge is 0.390 e. The number of nitrogens with one attached hydrogen (secondary N) is 1. The van der Waals surface area contributed by atoms with Gasteiger partial charge in [0.15, 0.2) is 0 Å².